The molecule has 1 N–H and O–H groups in total. The van der Waals surface area contributed by atoms with Crippen LogP contribution in [0.5, 0.6) is 0 Å². The Morgan fingerprint density at radius 3 is 2.71 bits per heavy atom. The number of aromatic nitrogens is 1. The molecule has 2 heterocycles. The fraction of sp³-hybridized carbons (Fsp3) is 0.667. The molecule has 1 aromatic rings. The van der Waals surface area contributed by atoms with E-state index in [2.05, 4.69) is 10.3 Å². The summed E-state index contributed by atoms with van der Waals surface area (Å²) in [5, 5.41) is 3.07. The molecule has 1 aromatic heterocycles. The quantitative estimate of drug-likeness (QED) is 0.849. The van der Waals surface area contributed by atoms with Crippen LogP contribution in [-0.2, 0) is 11.3 Å². The van der Waals surface area contributed by atoms with Crippen molar-refractivity contribution >= 4 is 5.91 Å². The molecule has 0 saturated carbocycles. The van der Waals surface area contributed by atoms with E-state index in [0.717, 1.165) is 37.4 Å². The highest BCUT2D eigenvalue weighted by Gasteiger charge is 2.17. The Kier molecular flexibility index (Phi) is 3.78. The molecule has 5 heteroatoms. The lowest BCUT2D eigenvalue weighted by Gasteiger charge is -2.14. The van der Waals surface area contributed by atoms with Gasteiger partial charge in [0.2, 0.25) is 11.8 Å². The van der Waals surface area contributed by atoms with Gasteiger partial charge in [0.05, 0.1) is 18.8 Å². The number of hydrogen-bond acceptors (Lipinski definition) is 4. The predicted molar refractivity (Wildman–Crippen MR) is 63.5 cm³/mol. The highest BCUT2D eigenvalue weighted by molar-refractivity contribution is 5.78. The Labute approximate surface area is 101 Å². The molecule has 0 bridgehead atoms. The number of carbonyl (C=O) groups is 1. The number of rotatable bonds is 4. The fourth-order valence-corrected chi connectivity index (χ4v) is 1.97. The van der Waals surface area contributed by atoms with Crippen molar-refractivity contribution in [2.45, 2.75) is 33.2 Å². The number of hydrogen-bond donors (Lipinski definition) is 1. The largest absolute Gasteiger partial charge is 0.444 e. The molecule has 1 aliphatic heterocycles. The van der Waals surface area contributed by atoms with E-state index in [1.54, 1.807) is 0 Å². The first-order valence-electron chi connectivity index (χ1n) is 6.08. The van der Waals surface area contributed by atoms with Gasteiger partial charge in [0.25, 0.3) is 0 Å². The maximum absolute atomic E-state index is 11.7. The Morgan fingerprint density at radius 2 is 2.12 bits per heavy atom. The highest BCUT2D eigenvalue weighted by Crippen LogP contribution is 2.08. The van der Waals surface area contributed by atoms with E-state index >= 15 is 0 Å². The van der Waals surface area contributed by atoms with E-state index in [1.807, 2.05) is 18.7 Å². The molecule has 17 heavy (non-hydrogen) atoms. The molecule has 5 nitrogen and oxygen atoms in total. The van der Waals surface area contributed by atoms with Gasteiger partial charge in [-0.15, -0.1) is 0 Å². The van der Waals surface area contributed by atoms with Crippen molar-refractivity contribution in [3.8, 4) is 0 Å². The van der Waals surface area contributed by atoms with Gasteiger partial charge < -0.3 is 9.32 Å². The smallest absolute Gasteiger partial charge is 0.236 e. The molecular weight excluding hydrogens is 218 g/mol. The number of nitrogens with zero attached hydrogens (tertiary/aromatic N) is 2. The standard InChI is InChI=1S/C12H19N3O2/c1-9-10(2)17-11(14-9)7-13-8-12(16)15-5-3-4-6-15/h13H,3-8H2,1-2H3. The minimum Gasteiger partial charge on any atom is -0.444 e. The predicted octanol–water partition coefficient (Wildman–Crippen LogP) is 1.00. The van der Waals surface area contributed by atoms with Crippen LogP contribution < -0.4 is 5.32 Å². The van der Waals surface area contributed by atoms with E-state index in [-0.39, 0.29) is 5.91 Å². The summed E-state index contributed by atoms with van der Waals surface area (Å²) in [6, 6.07) is 0. The van der Waals surface area contributed by atoms with E-state index in [9.17, 15) is 4.79 Å². The molecule has 1 amide bonds. The lowest BCUT2D eigenvalue weighted by molar-refractivity contribution is -0.129. The van der Waals surface area contributed by atoms with E-state index in [1.165, 1.54) is 0 Å². The number of amides is 1. The van der Waals surface area contributed by atoms with Crippen LogP contribution in [0.3, 0.4) is 0 Å². The molecular formula is C12H19N3O2. The van der Waals surface area contributed by atoms with Gasteiger partial charge in [-0.05, 0) is 26.7 Å². The van der Waals surface area contributed by atoms with Gasteiger partial charge in [-0.2, -0.15) is 0 Å². The van der Waals surface area contributed by atoms with Crippen LogP contribution in [0.25, 0.3) is 0 Å². The summed E-state index contributed by atoms with van der Waals surface area (Å²) in [5.41, 5.74) is 0.910. The molecule has 1 saturated heterocycles. The summed E-state index contributed by atoms with van der Waals surface area (Å²) in [7, 11) is 0. The second-order valence-corrected chi connectivity index (χ2v) is 4.44. The van der Waals surface area contributed by atoms with E-state index < -0.39 is 0 Å². The van der Waals surface area contributed by atoms with E-state index in [4.69, 9.17) is 4.42 Å². The topological polar surface area (TPSA) is 58.4 Å². The zero-order chi connectivity index (χ0) is 12.3. The number of oxazole rings is 1. The molecule has 94 valence electrons. The van der Waals surface area contributed by atoms with Crippen molar-refractivity contribution in [1.29, 1.82) is 0 Å². The molecule has 0 atom stereocenters. The van der Waals surface area contributed by atoms with Crippen LogP contribution in [0.2, 0.25) is 0 Å². The lowest BCUT2D eigenvalue weighted by atomic mass is 10.4. The van der Waals surface area contributed by atoms with Crippen LogP contribution >= 0.6 is 0 Å². The van der Waals surface area contributed by atoms with Gasteiger partial charge in [0.15, 0.2) is 0 Å². The summed E-state index contributed by atoms with van der Waals surface area (Å²) < 4.78 is 5.42. The third-order valence-corrected chi connectivity index (χ3v) is 3.08. The molecule has 0 aliphatic carbocycles. The maximum atomic E-state index is 11.7. The van der Waals surface area contributed by atoms with Crippen LogP contribution in [0, 0.1) is 13.8 Å². The van der Waals surface area contributed by atoms with Crippen molar-refractivity contribution in [1.82, 2.24) is 15.2 Å². The fourth-order valence-electron chi connectivity index (χ4n) is 1.97. The summed E-state index contributed by atoms with van der Waals surface area (Å²) in [6.45, 7) is 6.48. The number of nitrogens with one attached hydrogen (secondary N) is 1. The molecule has 2 rings (SSSR count). The second-order valence-electron chi connectivity index (χ2n) is 4.44. The summed E-state index contributed by atoms with van der Waals surface area (Å²) in [5.74, 6) is 1.66. The molecule has 0 radical (unpaired) electrons. The monoisotopic (exact) mass is 237 g/mol. The molecule has 0 unspecified atom stereocenters. The Bertz CT molecular complexity index is 375. The summed E-state index contributed by atoms with van der Waals surface area (Å²) >= 11 is 0. The second kappa shape index (κ2) is 5.31. The molecule has 0 spiro atoms. The van der Waals surface area contributed by atoms with Crippen LogP contribution in [0.15, 0.2) is 4.42 Å². The average molecular weight is 237 g/mol. The average Bonchev–Trinajstić information content (AvgIpc) is 2.90. The van der Waals surface area contributed by atoms with Crippen LogP contribution in [-0.4, -0.2) is 35.4 Å². The minimum atomic E-state index is 0.169. The SMILES string of the molecule is Cc1nc(CNCC(=O)N2CCCC2)oc1C. The lowest BCUT2D eigenvalue weighted by Crippen LogP contribution is -2.36. The van der Waals surface area contributed by atoms with Crippen molar-refractivity contribution in [3.63, 3.8) is 0 Å². The van der Waals surface area contributed by atoms with Gasteiger partial charge in [0.1, 0.15) is 5.76 Å². The number of likely N-dealkylation sites (tertiary alicyclic amines) is 1. The summed E-state index contributed by atoms with van der Waals surface area (Å²) in [6.07, 6.45) is 2.26. The van der Waals surface area contributed by atoms with Crippen molar-refractivity contribution < 1.29 is 9.21 Å². The van der Waals surface area contributed by atoms with Gasteiger partial charge in [0, 0.05) is 13.1 Å². The summed E-state index contributed by atoms with van der Waals surface area (Å²) in [4.78, 5) is 17.9. The van der Waals surface area contributed by atoms with Gasteiger partial charge in [-0.3, -0.25) is 10.1 Å². The third-order valence-electron chi connectivity index (χ3n) is 3.08. The third kappa shape index (κ3) is 3.06. The first-order valence-corrected chi connectivity index (χ1v) is 6.08. The van der Waals surface area contributed by atoms with Crippen LogP contribution in [0.4, 0.5) is 0 Å². The van der Waals surface area contributed by atoms with Gasteiger partial charge >= 0.3 is 0 Å². The zero-order valence-corrected chi connectivity index (χ0v) is 10.5. The zero-order valence-electron chi connectivity index (χ0n) is 10.5. The number of carbonyl (C=O) groups excluding carboxylic acids is 1. The van der Waals surface area contributed by atoms with Crippen molar-refractivity contribution in [2.24, 2.45) is 0 Å². The maximum Gasteiger partial charge on any atom is 0.236 e. The molecule has 1 fully saturated rings. The Balaban J connectivity index is 1.73. The van der Waals surface area contributed by atoms with E-state index in [0.29, 0.717) is 19.0 Å². The molecule has 1 aliphatic rings. The van der Waals surface area contributed by atoms with Crippen LogP contribution in [0.1, 0.15) is 30.2 Å². The van der Waals surface area contributed by atoms with Crippen molar-refractivity contribution in [3.05, 3.63) is 17.3 Å². The first kappa shape index (κ1) is 12.1. The highest BCUT2D eigenvalue weighted by atomic mass is 16.4. The first-order chi connectivity index (χ1) is 8.16. The van der Waals surface area contributed by atoms with Crippen molar-refractivity contribution in [2.75, 3.05) is 19.6 Å². The Hall–Kier alpha value is -1.36. The van der Waals surface area contributed by atoms with Gasteiger partial charge in [-0.25, -0.2) is 4.98 Å². The Morgan fingerprint density at radius 1 is 1.41 bits per heavy atom. The normalized spacial score (nSPS) is 15.5. The minimum absolute atomic E-state index is 0.169. The molecule has 0 aromatic carbocycles. The number of aryl methyl sites for hydroxylation is 2. The van der Waals surface area contributed by atoms with Gasteiger partial charge in [-0.1, -0.05) is 0 Å².